The third-order valence-corrected chi connectivity index (χ3v) is 4.25. The van der Waals surface area contributed by atoms with Crippen LogP contribution in [0.3, 0.4) is 0 Å². The van der Waals surface area contributed by atoms with Crippen molar-refractivity contribution < 1.29 is 14.2 Å². The van der Waals surface area contributed by atoms with Crippen molar-refractivity contribution in [1.29, 1.82) is 0 Å². The Bertz CT molecular complexity index is 643. The number of halogens is 1. The molecular formula is C21H25BrO3. The number of ether oxygens (including phenoxy) is 3. The third-order valence-electron chi connectivity index (χ3n) is 3.79. The van der Waals surface area contributed by atoms with Gasteiger partial charge in [0.1, 0.15) is 6.61 Å². The van der Waals surface area contributed by atoms with E-state index in [2.05, 4.69) is 28.1 Å². The predicted molar refractivity (Wildman–Crippen MR) is 106 cm³/mol. The van der Waals surface area contributed by atoms with Crippen LogP contribution in [0.5, 0.6) is 17.2 Å². The highest BCUT2D eigenvalue weighted by molar-refractivity contribution is 9.09. The van der Waals surface area contributed by atoms with Crippen LogP contribution in [-0.2, 0) is 13.0 Å². The lowest BCUT2D eigenvalue weighted by Gasteiger charge is -2.16. The minimum absolute atomic E-state index is 0.474. The van der Waals surface area contributed by atoms with Crippen LogP contribution in [0.4, 0.5) is 0 Å². The fourth-order valence-electron chi connectivity index (χ4n) is 2.50. The van der Waals surface area contributed by atoms with Crippen molar-refractivity contribution in [2.24, 2.45) is 0 Å². The molecular weight excluding hydrogens is 380 g/mol. The maximum absolute atomic E-state index is 5.98. The van der Waals surface area contributed by atoms with E-state index in [0.717, 1.165) is 30.2 Å². The molecule has 0 N–H and O–H groups in total. The molecule has 0 aliphatic rings. The Balaban J connectivity index is 2.10. The molecule has 0 heterocycles. The highest BCUT2D eigenvalue weighted by atomic mass is 79.9. The van der Waals surface area contributed by atoms with E-state index in [9.17, 15) is 0 Å². The first-order valence-corrected chi connectivity index (χ1v) is 9.53. The Morgan fingerprint density at radius 2 is 1.52 bits per heavy atom. The van der Waals surface area contributed by atoms with Gasteiger partial charge in [-0.1, -0.05) is 58.4 Å². The number of benzene rings is 2. The molecule has 0 aliphatic heterocycles. The lowest BCUT2D eigenvalue weighted by atomic mass is 10.1. The van der Waals surface area contributed by atoms with Crippen molar-refractivity contribution in [2.45, 2.75) is 25.9 Å². The lowest BCUT2D eigenvalue weighted by Crippen LogP contribution is -2.01. The average Bonchev–Trinajstić information content (AvgIpc) is 2.66. The number of alkyl halides is 1. The second-order valence-corrected chi connectivity index (χ2v) is 6.38. The summed E-state index contributed by atoms with van der Waals surface area (Å²) in [6.45, 7) is 0.474. The minimum Gasteiger partial charge on any atom is -0.493 e. The second-order valence-electron chi connectivity index (χ2n) is 5.59. The molecule has 0 bridgehead atoms. The molecule has 3 nitrogen and oxygen atoms in total. The number of rotatable bonds is 10. The fraction of sp³-hybridized carbons (Fsp3) is 0.333. The van der Waals surface area contributed by atoms with Crippen molar-refractivity contribution in [3.05, 3.63) is 65.7 Å². The summed E-state index contributed by atoms with van der Waals surface area (Å²) in [4.78, 5) is 0. The Labute approximate surface area is 158 Å². The standard InChI is InChI=1S/C21H25BrO3/c1-23-19-14-18(12-6-3-4-9-13-22)15-20(24-2)21(19)25-16-17-10-7-5-8-11-17/h3-5,7-8,10-11,14-15H,6,9,12-13,16H2,1-2H3. The minimum atomic E-state index is 0.474. The molecule has 25 heavy (non-hydrogen) atoms. The summed E-state index contributed by atoms with van der Waals surface area (Å²) in [7, 11) is 3.31. The molecule has 2 rings (SSSR count). The molecule has 0 aliphatic carbocycles. The first-order valence-electron chi connectivity index (χ1n) is 8.41. The predicted octanol–water partition coefficient (Wildman–Crippen LogP) is 5.56. The number of aryl methyl sites for hydroxylation is 1. The topological polar surface area (TPSA) is 27.7 Å². The number of hydrogen-bond donors (Lipinski definition) is 0. The Morgan fingerprint density at radius 1 is 0.880 bits per heavy atom. The zero-order valence-corrected chi connectivity index (χ0v) is 16.4. The van der Waals surface area contributed by atoms with Crippen LogP contribution in [0.2, 0.25) is 0 Å². The lowest BCUT2D eigenvalue weighted by molar-refractivity contribution is 0.265. The van der Waals surface area contributed by atoms with Gasteiger partial charge in [0, 0.05) is 5.33 Å². The third kappa shape index (κ3) is 6.13. The van der Waals surface area contributed by atoms with E-state index < -0.39 is 0 Å². The van der Waals surface area contributed by atoms with Gasteiger partial charge in [0.15, 0.2) is 11.5 Å². The summed E-state index contributed by atoms with van der Waals surface area (Å²) in [6.07, 6.45) is 7.38. The molecule has 0 radical (unpaired) electrons. The molecule has 0 unspecified atom stereocenters. The zero-order valence-electron chi connectivity index (χ0n) is 14.8. The molecule has 4 heteroatoms. The maximum atomic E-state index is 5.98. The summed E-state index contributed by atoms with van der Waals surface area (Å²) in [5, 5.41) is 0.999. The first kappa shape index (κ1) is 19.4. The van der Waals surface area contributed by atoms with Crippen LogP contribution in [0.1, 0.15) is 24.0 Å². The summed E-state index contributed by atoms with van der Waals surface area (Å²) in [6, 6.07) is 14.1. The highest BCUT2D eigenvalue weighted by Crippen LogP contribution is 2.39. The van der Waals surface area contributed by atoms with Crippen LogP contribution >= 0.6 is 15.9 Å². The number of hydrogen-bond acceptors (Lipinski definition) is 3. The number of allylic oxidation sites excluding steroid dienone is 2. The van der Waals surface area contributed by atoms with Gasteiger partial charge in [-0.3, -0.25) is 0 Å². The molecule has 2 aromatic rings. The molecule has 0 aromatic heterocycles. The summed E-state index contributed by atoms with van der Waals surface area (Å²) < 4.78 is 17.0. The second kappa shape index (κ2) is 10.8. The Hall–Kier alpha value is -1.94. The molecule has 0 atom stereocenters. The quantitative estimate of drug-likeness (QED) is 0.383. The van der Waals surface area contributed by atoms with Crippen LogP contribution < -0.4 is 14.2 Å². The zero-order chi connectivity index (χ0) is 17.9. The van der Waals surface area contributed by atoms with Crippen molar-refractivity contribution >= 4 is 15.9 Å². The molecule has 0 fully saturated rings. The van der Waals surface area contributed by atoms with Gasteiger partial charge in [0.2, 0.25) is 5.75 Å². The van der Waals surface area contributed by atoms with Gasteiger partial charge in [-0.15, -0.1) is 0 Å². The number of methoxy groups -OCH3 is 2. The van der Waals surface area contributed by atoms with Gasteiger partial charge < -0.3 is 14.2 Å². The van der Waals surface area contributed by atoms with Gasteiger partial charge in [0.05, 0.1) is 14.2 Å². The van der Waals surface area contributed by atoms with Crippen LogP contribution in [0.15, 0.2) is 54.6 Å². The van der Waals surface area contributed by atoms with Crippen molar-refractivity contribution in [3.8, 4) is 17.2 Å². The Morgan fingerprint density at radius 3 is 2.12 bits per heavy atom. The van der Waals surface area contributed by atoms with Gasteiger partial charge in [-0.25, -0.2) is 0 Å². The van der Waals surface area contributed by atoms with E-state index in [4.69, 9.17) is 14.2 Å². The van der Waals surface area contributed by atoms with Gasteiger partial charge in [-0.05, 0) is 42.5 Å². The highest BCUT2D eigenvalue weighted by Gasteiger charge is 2.14. The van der Waals surface area contributed by atoms with Gasteiger partial charge in [-0.2, -0.15) is 0 Å². The molecule has 0 spiro atoms. The average molecular weight is 405 g/mol. The smallest absolute Gasteiger partial charge is 0.203 e. The molecule has 134 valence electrons. The van der Waals surface area contributed by atoms with Crippen LogP contribution in [0.25, 0.3) is 0 Å². The molecule has 0 saturated heterocycles. The summed E-state index contributed by atoms with van der Waals surface area (Å²) in [5.41, 5.74) is 2.27. The largest absolute Gasteiger partial charge is 0.493 e. The van der Waals surface area contributed by atoms with Crippen LogP contribution in [-0.4, -0.2) is 19.5 Å². The van der Waals surface area contributed by atoms with E-state index in [1.165, 1.54) is 5.56 Å². The van der Waals surface area contributed by atoms with E-state index >= 15 is 0 Å². The normalized spacial score (nSPS) is 10.8. The van der Waals surface area contributed by atoms with Gasteiger partial charge >= 0.3 is 0 Å². The van der Waals surface area contributed by atoms with E-state index in [1.54, 1.807) is 14.2 Å². The molecule has 0 amide bonds. The molecule has 2 aromatic carbocycles. The fourth-order valence-corrected chi connectivity index (χ4v) is 2.76. The van der Waals surface area contributed by atoms with E-state index in [-0.39, 0.29) is 0 Å². The Kier molecular flexibility index (Phi) is 8.40. The van der Waals surface area contributed by atoms with E-state index in [1.807, 2.05) is 42.5 Å². The summed E-state index contributed by atoms with van der Waals surface area (Å²) in [5.74, 6) is 2.05. The first-order chi connectivity index (χ1) is 12.3. The van der Waals surface area contributed by atoms with E-state index in [0.29, 0.717) is 23.9 Å². The van der Waals surface area contributed by atoms with Crippen molar-refractivity contribution in [2.75, 3.05) is 19.5 Å². The monoisotopic (exact) mass is 404 g/mol. The van der Waals surface area contributed by atoms with Crippen molar-refractivity contribution in [1.82, 2.24) is 0 Å². The van der Waals surface area contributed by atoms with Gasteiger partial charge in [0.25, 0.3) is 0 Å². The maximum Gasteiger partial charge on any atom is 0.203 e. The van der Waals surface area contributed by atoms with Crippen LogP contribution in [0, 0.1) is 0 Å². The summed E-state index contributed by atoms with van der Waals surface area (Å²) >= 11 is 3.43. The molecule has 0 saturated carbocycles. The van der Waals surface area contributed by atoms with Crippen molar-refractivity contribution in [3.63, 3.8) is 0 Å². The SMILES string of the molecule is COc1cc(CCC=CCCBr)cc(OC)c1OCc1ccccc1.